The van der Waals surface area contributed by atoms with Crippen molar-refractivity contribution in [2.24, 2.45) is 5.16 Å². The van der Waals surface area contributed by atoms with Gasteiger partial charge in [0.1, 0.15) is 23.4 Å². The van der Waals surface area contributed by atoms with Gasteiger partial charge in [-0.05, 0) is 46.2 Å². The number of esters is 1. The monoisotopic (exact) mass is 919 g/mol. The van der Waals surface area contributed by atoms with Crippen LogP contribution in [0.5, 0.6) is 0 Å². The van der Waals surface area contributed by atoms with E-state index in [9.17, 15) is 9.59 Å². The Balaban J connectivity index is 0.966. The van der Waals surface area contributed by atoms with Gasteiger partial charge in [-0.2, -0.15) is 0 Å². The molecule has 0 spiro atoms. The fourth-order valence-electron chi connectivity index (χ4n) is 7.58. The molecule has 1 amide bonds. The number of aryl methyl sites for hydroxylation is 1. The fourth-order valence-corrected chi connectivity index (χ4v) is 9.91. The van der Waals surface area contributed by atoms with E-state index >= 15 is 0 Å². The highest BCUT2D eigenvalue weighted by Crippen LogP contribution is 2.41. The van der Waals surface area contributed by atoms with E-state index in [1.807, 2.05) is 128 Å². The van der Waals surface area contributed by atoms with Crippen molar-refractivity contribution in [3.63, 3.8) is 0 Å². The van der Waals surface area contributed by atoms with E-state index < -0.39 is 36.0 Å². The van der Waals surface area contributed by atoms with Crippen LogP contribution in [0.4, 0.5) is 5.13 Å². The third-order valence-corrected chi connectivity index (χ3v) is 13.0. The number of hydroxylamine groups is 2. The number of carbonyl (C=O) groups is 2. The molecule has 2 aliphatic heterocycles. The second-order valence-corrected chi connectivity index (χ2v) is 17.8. The average molecular weight is 920 g/mol. The molecular formula is C49H41N7O6S3. The SMILES string of the molecule is CO/N=C(/C(=O)NC1ON2C(C(=O)OC(c3ccccc3)c3ccccc3)=C(/C=C/Sc3nnc(C)s3)COC12)c1csc(NC(c2ccccc2)(c2ccccc2)c2ccccc2)n1. The number of thioether (sulfide) groups is 1. The summed E-state index contributed by atoms with van der Waals surface area (Å²) in [6.07, 6.45) is -0.844. The van der Waals surface area contributed by atoms with E-state index in [1.54, 1.807) is 11.5 Å². The van der Waals surface area contributed by atoms with Crippen LogP contribution in [0.1, 0.15) is 44.6 Å². The maximum atomic E-state index is 14.4. The third kappa shape index (κ3) is 9.34. The van der Waals surface area contributed by atoms with Crippen LogP contribution in [0.25, 0.3) is 0 Å². The van der Waals surface area contributed by atoms with Crippen LogP contribution in [0.15, 0.2) is 189 Å². The summed E-state index contributed by atoms with van der Waals surface area (Å²) in [6, 6.07) is 49.5. The van der Waals surface area contributed by atoms with Gasteiger partial charge in [0.05, 0.1) is 6.61 Å². The first-order valence-electron chi connectivity index (χ1n) is 20.5. The number of hydrogen-bond acceptors (Lipinski definition) is 15. The number of carbonyl (C=O) groups excluding carboxylic acids is 2. The normalized spacial score (nSPS) is 16.2. The molecule has 2 aromatic heterocycles. The van der Waals surface area contributed by atoms with E-state index in [1.165, 1.54) is 46.6 Å². The Labute approximate surface area is 387 Å². The highest BCUT2D eigenvalue weighted by Gasteiger charge is 2.50. The Hall–Kier alpha value is -6.95. The molecule has 2 unspecified atom stereocenters. The molecule has 0 radical (unpaired) electrons. The average Bonchev–Trinajstić information content (AvgIpc) is 4.00. The van der Waals surface area contributed by atoms with Crippen LogP contribution in [-0.4, -0.2) is 64.0 Å². The molecule has 326 valence electrons. The van der Waals surface area contributed by atoms with Crippen LogP contribution in [0, 0.1) is 6.92 Å². The van der Waals surface area contributed by atoms with Crippen molar-refractivity contribution in [2.75, 3.05) is 19.0 Å². The zero-order chi connectivity index (χ0) is 44.6. The van der Waals surface area contributed by atoms with Crippen molar-refractivity contribution in [1.29, 1.82) is 0 Å². The summed E-state index contributed by atoms with van der Waals surface area (Å²) in [4.78, 5) is 44.8. The van der Waals surface area contributed by atoms with Gasteiger partial charge in [-0.15, -0.1) is 21.5 Å². The Morgan fingerprint density at radius 3 is 1.95 bits per heavy atom. The maximum absolute atomic E-state index is 14.4. The molecular weight excluding hydrogens is 879 g/mol. The quantitative estimate of drug-likeness (QED) is 0.0313. The van der Waals surface area contributed by atoms with Crippen molar-refractivity contribution < 1.29 is 28.7 Å². The first kappa shape index (κ1) is 43.3. The predicted molar refractivity (Wildman–Crippen MR) is 251 cm³/mol. The number of anilines is 1. The minimum absolute atomic E-state index is 0.0149. The van der Waals surface area contributed by atoms with Gasteiger partial charge in [0.15, 0.2) is 27.0 Å². The van der Waals surface area contributed by atoms with Gasteiger partial charge in [-0.1, -0.05) is 180 Å². The summed E-state index contributed by atoms with van der Waals surface area (Å²) >= 11 is 4.15. The minimum Gasteiger partial charge on any atom is -0.448 e. The molecule has 16 heteroatoms. The topological polar surface area (TPSA) is 149 Å². The van der Waals surface area contributed by atoms with Gasteiger partial charge < -0.3 is 24.9 Å². The molecule has 0 saturated carbocycles. The molecule has 65 heavy (non-hydrogen) atoms. The van der Waals surface area contributed by atoms with Gasteiger partial charge in [0, 0.05) is 11.0 Å². The highest BCUT2D eigenvalue weighted by atomic mass is 32.2. The zero-order valence-corrected chi connectivity index (χ0v) is 37.5. The molecule has 2 atom stereocenters. The lowest BCUT2D eigenvalue weighted by atomic mass is 9.77. The van der Waals surface area contributed by atoms with E-state index in [2.05, 4.69) is 62.4 Å². The summed E-state index contributed by atoms with van der Waals surface area (Å²) in [5.41, 5.74) is 4.55. The smallest absolute Gasteiger partial charge is 0.358 e. The number of oxime groups is 1. The minimum atomic E-state index is -1.01. The molecule has 0 bridgehead atoms. The largest absolute Gasteiger partial charge is 0.448 e. The third-order valence-electron chi connectivity index (χ3n) is 10.6. The zero-order valence-electron chi connectivity index (χ0n) is 35.0. The molecule has 13 nitrogen and oxygen atoms in total. The molecule has 5 aromatic carbocycles. The van der Waals surface area contributed by atoms with Crippen LogP contribution in [0.3, 0.4) is 0 Å². The summed E-state index contributed by atoms with van der Waals surface area (Å²) in [5.74, 6) is -1.27. The lowest BCUT2D eigenvalue weighted by Gasteiger charge is -2.49. The lowest BCUT2D eigenvalue weighted by Crippen LogP contribution is -2.68. The lowest BCUT2D eigenvalue weighted by molar-refractivity contribution is -0.395. The number of nitrogens with zero attached hydrogens (tertiary/aromatic N) is 5. The number of nitrogens with one attached hydrogen (secondary N) is 2. The number of aromatic nitrogens is 3. The second kappa shape index (κ2) is 19.8. The number of thiazole rings is 1. The molecule has 9 rings (SSSR count). The van der Waals surface area contributed by atoms with Gasteiger partial charge in [0.2, 0.25) is 12.5 Å². The van der Waals surface area contributed by atoms with Crippen molar-refractivity contribution in [3.05, 3.63) is 218 Å². The number of benzene rings is 5. The van der Waals surface area contributed by atoms with Gasteiger partial charge >= 0.3 is 5.97 Å². The summed E-state index contributed by atoms with van der Waals surface area (Å²) in [5, 5.41) is 25.2. The number of amides is 1. The second-order valence-electron chi connectivity index (χ2n) is 14.6. The summed E-state index contributed by atoms with van der Waals surface area (Å²) < 4.78 is 13.3. The first-order chi connectivity index (χ1) is 31.9. The first-order valence-corrected chi connectivity index (χ1v) is 23.1. The molecule has 0 aliphatic carbocycles. The van der Waals surface area contributed by atoms with E-state index in [4.69, 9.17) is 24.1 Å². The summed E-state index contributed by atoms with van der Waals surface area (Å²) in [7, 11) is 1.36. The number of ether oxygens (including phenoxy) is 2. The molecule has 1 saturated heterocycles. The van der Waals surface area contributed by atoms with Crippen molar-refractivity contribution in [1.82, 2.24) is 25.6 Å². The van der Waals surface area contributed by atoms with Gasteiger partial charge in [-0.25, -0.2) is 19.7 Å². The Kier molecular flexibility index (Phi) is 13.2. The fraction of sp³-hybridized carbons (Fsp3) is 0.143. The Bertz CT molecular complexity index is 2690. The molecule has 2 aliphatic rings. The standard InChI is InChI=1S/C49H41N7O6S3/c1-32-53-54-48(65-32)63-29-28-35-30-60-45-44(62-56(45)41(35)46(58)61-42(33-18-8-3-9-19-33)34-20-10-4-11-21-34)51-43(57)40(55-59-2)39-31-64-47(50-39)52-49(36-22-12-5-13-23-36,37-24-14-6-15-25-37)38-26-16-7-17-27-38/h3-29,31,42,44-45H,30H2,1-2H3,(H,50,52)(H,51,57)/b29-28+,55-40+. The highest BCUT2D eigenvalue weighted by molar-refractivity contribution is 8.03. The van der Waals surface area contributed by atoms with Crippen LogP contribution in [0.2, 0.25) is 0 Å². The van der Waals surface area contributed by atoms with E-state index in [0.717, 1.165) is 37.2 Å². The molecule has 2 N–H and O–H groups in total. The van der Waals surface area contributed by atoms with Gasteiger partial charge in [0.25, 0.3) is 5.91 Å². The Morgan fingerprint density at radius 1 is 0.846 bits per heavy atom. The van der Waals surface area contributed by atoms with Crippen LogP contribution >= 0.6 is 34.4 Å². The Morgan fingerprint density at radius 2 is 1.42 bits per heavy atom. The number of fused-ring (bicyclic) bond motifs is 1. The maximum Gasteiger partial charge on any atom is 0.358 e. The van der Waals surface area contributed by atoms with Crippen LogP contribution in [-0.2, 0) is 34.3 Å². The number of hydrogen-bond donors (Lipinski definition) is 2. The van der Waals surface area contributed by atoms with E-state index in [-0.39, 0.29) is 23.7 Å². The van der Waals surface area contributed by atoms with Crippen molar-refractivity contribution in [2.45, 2.75) is 35.4 Å². The predicted octanol–water partition coefficient (Wildman–Crippen LogP) is 9.00. The van der Waals surface area contributed by atoms with Crippen molar-refractivity contribution in [3.8, 4) is 0 Å². The summed E-state index contributed by atoms with van der Waals surface area (Å²) in [6.45, 7) is 1.90. The van der Waals surface area contributed by atoms with Crippen LogP contribution < -0.4 is 10.6 Å². The van der Waals surface area contributed by atoms with Crippen molar-refractivity contribution >= 4 is 57.2 Å². The number of rotatable bonds is 16. The van der Waals surface area contributed by atoms with E-state index in [0.29, 0.717) is 10.7 Å². The molecule has 7 aromatic rings. The van der Waals surface area contributed by atoms with Gasteiger partial charge in [-0.3, -0.25) is 4.79 Å². The molecule has 1 fully saturated rings. The molecule has 4 heterocycles.